The summed E-state index contributed by atoms with van der Waals surface area (Å²) >= 11 is 3.46. The molecule has 128 valence electrons. The molecule has 0 spiro atoms. The van der Waals surface area contributed by atoms with Crippen molar-refractivity contribution in [1.82, 2.24) is 9.88 Å². The molecule has 0 aliphatic heterocycles. The largest absolute Gasteiger partial charge is 0.472 e. The summed E-state index contributed by atoms with van der Waals surface area (Å²) in [5.41, 5.74) is 2.93. The molecule has 0 aliphatic rings. The van der Waals surface area contributed by atoms with Crippen LogP contribution in [0.15, 0.2) is 33.7 Å². The van der Waals surface area contributed by atoms with Gasteiger partial charge in [0, 0.05) is 13.6 Å². The van der Waals surface area contributed by atoms with Crippen molar-refractivity contribution in [3.8, 4) is 5.88 Å². The maximum absolute atomic E-state index is 13.6. The molecule has 0 bridgehead atoms. The standard InChI is InChI=1S/C18H21BrFN3O/c1-5-23(4)11-21-17-9-15(19)18(22-13(17)3)24-10-14-7-6-8-16(20)12(14)2/h6-9,11H,5,10H2,1-4H3. The number of aliphatic imine (C=N–C) groups is 1. The molecule has 2 aromatic rings. The third-order valence-electron chi connectivity index (χ3n) is 3.74. The molecule has 0 radical (unpaired) electrons. The van der Waals surface area contributed by atoms with Crippen molar-refractivity contribution in [1.29, 1.82) is 0 Å². The van der Waals surface area contributed by atoms with E-state index in [4.69, 9.17) is 4.74 Å². The van der Waals surface area contributed by atoms with Gasteiger partial charge >= 0.3 is 0 Å². The van der Waals surface area contributed by atoms with E-state index in [1.807, 2.05) is 31.0 Å². The fraction of sp³-hybridized carbons (Fsp3) is 0.333. The average Bonchev–Trinajstić information content (AvgIpc) is 2.57. The van der Waals surface area contributed by atoms with Crippen molar-refractivity contribution >= 4 is 28.0 Å². The van der Waals surface area contributed by atoms with Crippen molar-refractivity contribution in [2.24, 2.45) is 4.99 Å². The van der Waals surface area contributed by atoms with E-state index in [1.165, 1.54) is 6.07 Å². The second-order valence-corrected chi connectivity index (χ2v) is 6.36. The van der Waals surface area contributed by atoms with Crippen LogP contribution in [0.25, 0.3) is 0 Å². The summed E-state index contributed by atoms with van der Waals surface area (Å²) in [7, 11) is 1.96. The monoisotopic (exact) mass is 393 g/mol. The molecule has 0 saturated carbocycles. The number of nitrogens with zero attached hydrogens (tertiary/aromatic N) is 3. The second kappa shape index (κ2) is 8.24. The highest BCUT2D eigenvalue weighted by Crippen LogP contribution is 2.30. The number of halogens is 2. The molecule has 4 nitrogen and oxygen atoms in total. The summed E-state index contributed by atoms with van der Waals surface area (Å²) in [6.07, 6.45) is 1.77. The smallest absolute Gasteiger partial charge is 0.228 e. The van der Waals surface area contributed by atoms with E-state index in [0.717, 1.165) is 23.5 Å². The lowest BCUT2D eigenvalue weighted by molar-refractivity contribution is 0.290. The van der Waals surface area contributed by atoms with Crippen LogP contribution >= 0.6 is 15.9 Å². The molecule has 0 amide bonds. The Balaban J connectivity index is 2.16. The van der Waals surface area contributed by atoms with Crippen LogP contribution in [0, 0.1) is 19.7 Å². The fourth-order valence-electron chi connectivity index (χ4n) is 1.98. The highest BCUT2D eigenvalue weighted by molar-refractivity contribution is 9.10. The van der Waals surface area contributed by atoms with E-state index in [0.29, 0.717) is 15.9 Å². The van der Waals surface area contributed by atoms with E-state index >= 15 is 0 Å². The van der Waals surface area contributed by atoms with E-state index in [2.05, 4.69) is 32.8 Å². The SMILES string of the molecule is CCN(C)C=Nc1cc(Br)c(OCc2cccc(F)c2C)nc1C. The van der Waals surface area contributed by atoms with Crippen LogP contribution in [-0.2, 0) is 6.61 Å². The molecule has 2 rings (SSSR count). The lowest BCUT2D eigenvalue weighted by Crippen LogP contribution is -2.14. The summed E-state index contributed by atoms with van der Waals surface area (Å²) in [4.78, 5) is 10.9. The maximum atomic E-state index is 13.6. The minimum Gasteiger partial charge on any atom is -0.472 e. The number of rotatable bonds is 6. The van der Waals surface area contributed by atoms with Gasteiger partial charge in [0.25, 0.3) is 0 Å². The van der Waals surface area contributed by atoms with Crippen molar-refractivity contribution in [3.63, 3.8) is 0 Å². The Hall–Kier alpha value is -1.95. The highest BCUT2D eigenvalue weighted by Gasteiger charge is 2.10. The third-order valence-corrected chi connectivity index (χ3v) is 4.31. The lowest BCUT2D eigenvalue weighted by atomic mass is 10.1. The van der Waals surface area contributed by atoms with E-state index in [1.54, 1.807) is 19.3 Å². The highest BCUT2D eigenvalue weighted by atomic mass is 79.9. The first-order chi connectivity index (χ1) is 11.4. The minimum atomic E-state index is -0.232. The molecular formula is C18H21BrFN3O. The maximum Gasteiger partial charge on any atom is 0.228 e. The summed E-state index contributed by atoms with van der Waals surface area (Å²) in [6.45, 7) is 6.81. The molecule has 0 aliphatic carbocycles. The second-order valence-electron chi connectivity index (χ2n) is 5.51. The first kappa shape index (κ1) is 18.4. The Morgan fingerprint density at radius 1 is 1.38 bits per heavy atom. The Morgan fingerprint density at radius 3 is 2.83 bits per heavy atom. The van der Waals surface area contributed by atoms with Gasteiger partial charge in [-0.05, 0) is 60.0 Å². The van der Waals surface area contributed by atoms with Gasteiger partial charge in [-0.3, -0.25) is 0 Å². The van der Waals surface area contributed by atoms with Crippen LogP contribution in [0.1, 0.15) is 23.7 Å². The van der Waals surface area contributed by atoms with E-state index in [-0.39, 0.29) is 12.4 Å². The minimum absolute atomic E-state index is 0.232. The van der Waals surface area contributed by atoms with Crippen molar-refractivity contribution in [2.75, 3.05) is 13.6 Å². The zero-order valence-corrected chi connectivity index (χ0v) is 15.9. The van der Waals surface area contributed by atoms with Crippen LogP contribution in [-0.4, -0.2) is 29.8 Å². The van der Waals surface area contributed by atoms with Crippen LogP contribution < -0.4 is 4.74 Å². The van der Waals surface area contributed by atoms with E-state index in [9.17, 15) is 4.39 Å². The predicted molar refractivity (Wildman–Crippen MR) is 98.6 cm³/mol. The van der Waals surface area contributed by atoms with Crippen LogP contribution in [0.4, 0.5) is 10.1 Å². The Labute approximate surface area is 150 Å². The number of hydrogen-bond donors (Lipinski definition) is 0. The molecule has 0 fully saturated rings. The molecule has 0 atom stereocenters. The Kier molecular flexibility index (Phi) is 6.31. The molecule has 24 heavy (non-hydrogen) atoms. The van der Waals surface area contributed by atoms with Gasteiger partial charge in [0.05, 0.1) is 22.2 Å². The normalized spacial score (nSPS) is 11.1. The quantitative estimate of drug-likeness (QED) is 0.522. The zero-order valence-electron chi connectivity index (χ0n) is 14.3. The van der Waals surface area contributed by atoms with Gasteiger partial charge < -0.3 is 9.64 Å². The van der Waals surface area contributed by atoms with E-state index < -0.39 is 0 Å². The van der Waals surface area contributed by atoms with Gasteiger partial charge in [-0.15, -0.1) is 0 Å². The summed E-state index contributed by atoms with van der Waals surface area (Å²) in [5, 5.41) is 0. The van der Waals surface area contributed by atoms with Gasteiger partial charge in [0.1, 0.15) is 12.4 Å². The first-order valence-corrected chi connectivity index (χ1v) is 8.50. The van der Waals surface area contributed by atoms with Crippen LogP contribution in [0.3, 0.4) is 0 Å². The van der Waals surface area contributed by atoms with Gasteiger partial charge in [-0.25, -0.2) is 14.4 Å². The van der Waals surface area contributed by atoms with Crippen molar-refractivity contribution in [3.05, 3.63) is 51.4 Å². The number of benzene rings is 1. The van der Waals surface area contributed by atoms with Crippen LogP contribution in [0.5, 0.6) is 5.88 Å². The van der Waals surface area contributed by atoms with Gasteiger partial charge in [-0.1, -0.05) is 12.1 Å². The molecular weight excluding hydrogens is 373 g/mol. The van der Waals surface area contributed by atoms with Gasteiger partial charge in [0.15, 0.2) is 0 Å². The molecule has 0 N–H and O–H groups in total. The van der Waals surface area contributed by atoms with Crippen LogP contribution in [0.2, 0.25) is 0 Å². The molecule has 1 aromatic heterocycles. The van der Waals surface area contributed by atoms with Gasteiger partial charge in [0.2, 0.25) is 5.88 Å². The number of ether oxygens (including phenoxy) is 1. The molecule has 0 unspecified atom stereocenters. The molecule has 0 saturated heterocycles. The number of aromatic nitrogens is 1. The summed E-state index contributed by atoms with van der Waals surface area (Å²) in [6, 6.07) is 6.84. The fourth-order valence-corrected chi connectivity index (χ4v) is 2.40. The van der Waals surface area contributed by atoms with Crippen molar-refractivity contribution in [2.45, 2.75) is 27.4 Å². The predicted octanol–water partition coefficient (Wildman–Crippen LogP) is 4.79. The van der Waals surface area contributed by atoms with Crippen molar-refractivity contribution < 1.29 is 9.13 Å². The molecule has 1 heterocycles. The Morgan fingerprint density at radius 2 is 2.12 bits per heavy atom. The lowest BCUT2D eigenvalue weighted by Gasteiger charge is -2.12. The topological polar surface area (TPSA) is 37.7 Å². The average molecular weight is 394 g/mol. The number of pyridine rings is 1. The summed E-state index contributed by atoms with van der Waals surface area (Å²) in [5.74, 6) is 0.239. The summed E-state index contributed by atoms with van der Waals surface area (Å²) < 4.78 is 20.1. The zero-order chi connectivity index (χ0) is 17.7. The Bertz CT molecular complexity index is 749. The number of aryl methyl sites for hydroxylation is 1. The molecule has 6 heteroatoms. The molecule has 1 aromatic carbocycles. The van der Waals surface area contributed by atoms with Gasteiger partial charge in [-0.2, -0.15) is 0 Å². The number of hydrogen-bond acceptors (Lipinski definition) is 3. The third kappa shape index (κ3) is 4.54. The first-order valence-electron chi connectivity index (χ1n) is 7.70.